The van der Waals surface area contributed by atoms with E-state index in [1.807, 2.05) is 6.07 Å². The molecule has 0 aliphatic carbocycles. The van der Waals surface area contributed by atoms with E-state index in [1.165, 1.54) is 18.2 Å². The summed E-state index contributed by atoms with van der Waals surface area (Å²) in [7, 11) is 0. The van der Waals surface area contributed by atoms with E-state index in [0.717, 1.165) is 0 Å². The Hall–Kier alpha value is -3.62. The van der Waals surface area contributed by atoms with Crippen LogP contribution in [0.4, 0.5) is 11.4 Å². The van der Waals surface area contributed by atoms with Crippen LogP contribution in [0.1, 0.15) is 0 Å². The van der Waals surface area contributed by atoms with Crippen LogP contribution in [0.2, 0.25) is 0 Å². The largest absolute Gasteiger partial charge is 0.457 e. The molecule has 0 radical (unpaired) electrons. The number of ether oxygens (including phenoxy) is 1. The molecule has 0 spiro atoms. The molecule has 2 rings (SSSR count). The molecule has 2 aromatic rings. The van der Waals surface area contributed by atoms with Gasteiger partial charge in [-0.3, -0.25) is 10.1 Å². The van der Waals surface area contributed by atoms with Gasteiger partial charge in [-0.1, -0.05) is 18.2 Å². The molecule has 9 nitrogen and oxygen atoms in total. The third-order valence-corrected chi connectivity index (χ3v) is 2.60. The van der Waals surface area contributed by atoms with E-state index in [1.54, 1.807) is 24.3 Å². The van der Waals surface area contributed by atoms with Gasteiger partial charge in [0.25, 0.3) is 5.69 Å². The van der Waals surface area contributed by atoms with Gasteiger partial charge in [0, 0.05) is 0 Å². The van der Waals surface area contributed by atoms with Crippen molar-refractivity contribution in [1.29, 1.82) is 0 Å². The molecule has 0 saturated carbocycles. The van der Waals surface area contributed by atoms with Crippen LogP contribution in [-0.4, -0.2) is 16.8 Å². The van der Waals surface area contributed by atoms with Gasteiger partial charge in [0.15, 0.2) is 5.96 Å². The zero-order chi connectivity index (χ0) is 16.8. The molecule has 6 N–H and O–H groups in total. The van der Waals surface area contributed by atoms with Gasteiger partial charge in [0.1, 0.15) is 17.2 Å². The molecule has 0 aliphatic rings. The van der Waals surface area contributed by atoms with Crippen LogP contribution in [0.5, 0.6) is 11.5 Å². The molecule has 23 heavy (non-hydrogen) atoms. The van der Waals surface area contributed by atoms with Crippen molar-refractivity contribution in [2.24, 2.45) is 27.2 Å². The third-order valence-electron chi connectivity index (χ3n) is 2.60. The Bertz CT molecular complexity index is 769. The molecule has 0 unspecified atom stereocenters. The van der Waals surface area contributed by atoms with Crippen molar-refractivity contribution in [3.63, 3.8) is 0 Å². The van der Waals surface area contributed by atoms with Crippen molar-refractivity contribution >= 4 is 23.3 Å². The van der Waals surface area contributed by atoms with Gasteiger partial charge in [-0.2, -0.15) is 4.99 Å². The van der Waals surface area contributed by atoms with Crippen molar-refractivity contribution < 1.29 is 9.66 Å². The molecule has 0 heterocycles. The molecule has 0 bridgehead atoms. The number of benzene rings is 2. The number of hydrogen-bond acceptors (Lipinski definition) is 4. The van der Waals surface area contributed by atoms with E-state index >= 15 is 0 Å². The standard InChI is InChI=1S/C14H14N6O3/c15-13(16)19-14(17)18-11-7-6-10(8-12(11)20(21)22)23-9-4-2-1-3-5-9/h1-8H,(H6,15,16,17,18,19). The lowest BCUT2D eigenvalue weighted by Gasteiger charge is -2.06. The zero-order valence-electron chi connectivity index (χ0n) is 11.9. The van der Waals surface area contributed by atoms with Gasteiger partial charge in [0.05, 0.1) is 11.0 Å². The summed E-state index contributed by atoms with van der Waals surface area (Å²) in [5, 5.41) is 11.2. The Morgan fingerprint density at radius 3 is 2.35 bits per heavy atom. The van der Waals surface area contributed by atoms with Crippen molar-refractivity contribution in [2.45, 2.75) is 0 Å². The first-order chi connectivity index (χ1) is 11.0. The SMILES string of the molecule is NC(N)=NC(N)=Nc1ccc(Oc2ccccc2)cc1[N+](=O)[O-]. The van der Waals surface area contributed by atoms with E-state index in [0.29, 0.717) is 11.5 Å². The number of aliphatic imine (C=N–C) groups is 2. The maximum Gasteiger partial charge on any atom is 0.298 e. The second-order valence-corrected chi connectivity index (χ2v) is 4.33. The summed E-state index contributed by atoms with van der Waals surface area (Å²) < 4.78 is 5.54. The summed E-state index contributed by atoms with van der Waals surface area (Å²) in [6.07, 6.45) is 0. The Morgan fingerprint density at radius 1 is 1.04 bits per heavy atom. The highest BCUT2D eigenvalue weighted by molar-refractivity contribution is 5.94. The van der Waals surface area contributed by atoms with Gasteiger partial charge < -0.3 is 21.9 Å². The van der Waals surface area contributed by atoms with Gasteiger partial charge in [-0.15, -0.1) is 0 Å². The second kappa shape index (κ2) is 6.89. The number of hydrogen-bond donors (Lipinski definition) is 3. The van der Waals surface area contributed by atoms with Crippen molar-refractivity contribution in [2.75, 3.05) is 0 Å². The Labute approximate surface area is 131 Å². The first-order valence-electron chi connectivity index (χ1n) is 6.41. The number of rotatable bonds is 4. The predicted octanol–water partition coefficient (Wildman–Crippen LogP) is 1.61. The number of para-hydroxylation sites is 1. The topological polar surface area (TPSA) is 155 Å². The molecule has 2 aromatic carbocycles. The van der Waals surface area contributed by atoms with Gasteiger partial charge in [-0.25, -0.2) is 4.99 Å². The monoisotopic (exact) mass is 314 g/mol. The van der Waals surface area contributed by atoms with E-state index < -0.39 is 4.92 Å². The van der Waals surface area contributed by atoms with Crippen LogP contribution in [0, 0.1) is 10.1 Å². The van der Waals surface area contributed by atoms with Crippen molar-refractivity contribution in [1.82, 2.24) is 0 Å². The van der Waals surface area contributed by atoms with E-state index in [9.17, 15) is 10.1 Å². The summed E-state index contributed by atoms with van der Waals surface area (Å²) in [6.45, 7) is 0. The van der Waals surface area contributed by atoms with Crippen LogP contribution in [0.15, 0.2) is 58.5 Å². The highest BCUT2D eigenvalue weighted by Gasteiger charge is 2.15. The number of nitro benzene ring substituents is 1. The highest BCUT2D eigenvalue weighted by Crippen LogP contribution is 2.33. The highest BCUT2D eigenvalue weighted by atomic mass is 16.6. The third kappa shape index (κ3) is 4.43. The maximum atomic E-state index is 11.2. The number of nitrogens with zero attached hydrogens (tertiary/aromatic N) is 3. The number of nitro groups is 1. The fraction of sp³-hybridized carbons (Fsp3) is 0. The lowest BCUT2D eigenvalue weighted by Crippen LogP contribution is -2.26. The summed E-state index contributed by atoms with van der Waals surface area (Å²) in [6, 6.07) is 13.0. The molecular formula is C14H14N6O3. The fourth-order valence-corrected chi connectivity index (χ4v) is 1.71. The maximum absolute atomic E-state index is 11.2. The predicted molar refractivity (Wildman–Crippen MR) is 86.7 cm³/mol. The summed E-state index contributed by atoms with van der Waals surface area (Å²) in [5.74, 6) is 0.267. The van der Waals surface area contributed by atoms with Gasteiger partial charge in [-0.05, 0) is 24.3 Å². The van der Waals surface area contributed by atoms with Crippen molar-refractivity contribution in [3.8, 4) is 11.5 Å². The molecule has 118 valence electrons. The first-order valence-corrected chi connectivity index (χ1v) is 6.41. The molecule has 0 aliphatic heterocycles. The lowest BCUT2D eigenvalue weighted by molar-refractivity contribution is -0.384. The molecule has 0 saturated heterocycles. The minimum absolute atomic E-state index is 0.0120. The second-order valence-electron chi connectivity index (χ2n) is 4.33. The molecule has 0 aromatic heterocycles. The van der Waals surface area contributed by atoms with Crippen molar-refractivity contribution in [3.05, 3.63) is 58.6 Å². The van der Waals surface area contributed by atoms with E-state index in [2.05, 4.69) is 9.98 Å². The Morgan fingerprint density at radius 2 is 1.74 bits per heavy atom. The average Bonchev–Trinajstić information content (AvgIpc) is 2.48. The summed E-state index contributed by atoms with van der Waals surface area (Å²) in [5.41, 5.74) is 15.5. The molecule has 0 amide bonds. The van der Waals surface area contributed by atoms with Gasteiger partial charge >= 0.3 is 0 Å². The Kier molecular flexibility index (Phi) is 4.72. The fourth-order valence-electron chi connectivity index (χ4n) is 1.71. The number of nitrogens with two attached hydrogens (primary N) is 3. The van der Waals surface area contributed by atoms with Gasteiger partial charge in [0.2, 0.25) is 5.96 Å². The average molecular weight is 314 g/mol. The van der Waals surface area contributed by atoms with Crippen LogP contribution >= 0.6 is 0 Å². The van der Waals surface area contributed by atoms with Crippen LogP contribution in [-0.2, 0) is 0 Å². The van der Waals surface area contributed by atoms with Crippen LogP contribution in [0.25, 0.3) is 0 Å². The van der Waals surface area contributed by atoms with Crippen LogP contribution in [0.3, 0.4) is 0 Å². The minimum atomic E-state index is -0.598. The molecule has 0 atom stereocenters. The molecular weight excluding hydrogens is 300 g/mol. The lowest BCUT2D eigenvalue weighted by atomic mass is 10.2. The summed E-state index contributed by atoms with van der Waals surface area (Å²) in [4.78, 5) is 17.9. The van der Waals surface area contributed by atoms with E-state index in [4.69, 9.17) is 21.9 Å². The smallest absolute Gasteiger partial charge is 0.298 e. The van der Waals surface area contributed by atoms with E-state index in [-0.39, 0.29) is 23.3 Å². The molecule has 9 heteroatoms. The van der Waals surface area contributed by atoms with Crippen LogP contribution < -0.4 is 21.9 Å². The number of guanidine groups is 2. The minimum Gasteiger partial charge on any atom is -0.457 e. The summed E-state index contributed by atoms with van der Waals surface area (Å²) >= 11 is 0. The quantitative estimate of drug-likeness (QED) is 0.337. The molecule has 0 fully saturated rings. The zero-order valence-corrected chi connectivity index (χ0v) is 11.9. The Balaban J connectivity index is 2.35. The first kappa shape index (κ1) is 15.8. The normalized spacial score (nSPS) is 10.9.